The number of carboxylic acids is 2. The van der Waals surface area contributed by atoms with E-state index in [2.05, 4.69) is 9.47 Å². The summed E-state index contributed by atoms with van der Waals surface area (Å²) in [5.41, 5.74) is 0.318. The zero-order valence-corrected chi connectivity index (χ0v) is 33.6. The van der Waals surface area contributed by atoms with Crippen LogP contribution in [0.4, 0.5) is 0 Å². The Balaban J connectivity index is 0.000000373. The van der Waals surface area contributed by atoms with Crippen molar-refractivity contribution in [2.45, 2.75) is 24.4 Å². The summed E-state index contributed by atoms with van der Waals surface area (Å²) in [5, 5.41) is 18.8. The van der Waals surface area contributed by atoms with Crippen molar-refractivity contribution in [2.75, 3.05) is 14.2 Å². The molecule has 0 saturated carbocycles. The van der Waals surface area contributed by atoms with Gasteiger partial charge in [-0.3, -0.25) is 0 Å². The maximum atomic E-state index is 12.2. The van der Waals surface area contributed by atoms with E-state index in [9.17, 15) is 48.6 Å². The summed E-state index contributed by atoms with van der Waals surface area (Å²) >= 11 is 0. The molecule has 4 aromatic rings. The molecule has 0 aliphatic carbocycles. The van der Waals surface area contributed by atoms with Crippen LogP contribution in [0.3, 0.4) is 0 Å². The molecule has 4 rings (SSSR count). The average Bonchev–Trinajstić information content (AvgIpc) is 3.20. The molecule has 17 heteroatoms. The number of carbonyl (C=O) groups is 8. The second-order valence-electron chi connectivity index (χ2n) is 10.5. The van der Waals surface area contributed by atoms with Crippen molar-refractivity contribution < 1.29 is 77.0 Å². The molecule has 4 aromatic carbocycles. The summed E-state index contributed by atoms with van der Waals surface area (Å²) in [7, 11) is 1.98. The molecule has 0 aliphatic rings. The molecule has 0 saturated heterocycles. The van der Waals surface area contributed by atoms with Gasteiger partial charge >= 0.3 is 47.8 Å². The summed E-state index contributed by atoms with van der Waals surface area (Å²) in [6.07, 6.45) is -8.13. The Morgan fingerprint density at radius 2 is 0.582 bits per heavy atom. The van der Waals surface area contributed by atoms with Gasteiger partial charge in [0.05, 0.1) is 36.5 Å². The summed E-state index contributed by atoms with van der Waals surface area (Å²) in [6.45, 7) is 0. The quantitative estimate of drug-likeness (QED) is 0.105. The van der Waals surface area contributed by atoms with Crippen LogP contribution in [-0.2, 0) is 47.6 Å². The first-order valence-corrected chi connectivity index (χ1v) is 15.5. The van der Waals surface area contributed by atoms with E-state index >= 15 is 0 Å². The van der Waals surface area contributed by atoms with Crippen LogP contribution < -0.4 is 0 Å². The fourth-order valence-corrected chi connectivity index (χ4v) is 4.21. The molecule has 0 bridgehead atoms. The molecule has 0 heterocycles. The summed E-state index contributed by atoms with van der Waals surface area (Å²) in [5.74, 6) is -9.60. The van der Waals surface area contributed by atoms with Crippen molar-refractivity contribution in [3.05, 3.63) is 144 Å². The maximum Gasteiger partial charge on any atom is 0.351 e. The minimum Gasteiger partial charge on any atom is -0.478 e. The number of aliphatic carboxylic acids is 2. The summed E-state index contributed by atoms with van der Waals surface area (Å²) in [6, 6.07) is 30.4. The zero-order chi connectivity index (χ0) is 39.6. The molecule has 0 fully saturated rings. The largest absolute Gasteiger partial charge is 0.478 e. The Morgan fingerprint density at radius 1 is 0.382 bits per heavy atom. The standard InChI is InChI=1S/2C19H16O8.Ba/c2*1-25-19(24)15(27-18(23)13-10-6-3-7-11-13)14(16(20)21)26-17(22)12-8-4-2-5-9-12;/h2*2-11,14-15H,1H3,(H,20,21);/t2*14-,15-;/m00./s1. The van der Waals surface area contributed by atoms with E-state index in [0.29, 0.717) is 0 Å². The molecule has 2 N–H and O–H groups in total. The van der Waals surface area contributed by atoms with Crippen molar-refractivity contribution in [2.24, 2.45) is 0 Å². The number of carbonyl (C=O) groups excluding carboxylic acids is 6. The van der Waals surface area contributed by atoms with Gasteiger partial charge in [0.25, 0.3) is 0 Å². The number of hydrogen-bond donors (Lipinski definition) is 2. The normalized spacial score (nSPS) is 12.1. The van der Waals surface area contributed by atoms with E-state index in [1.54, 1.807) is 72.8 Å². The molecule has 0 spiro atoms. The van der Waals surface area contributed by atoms with Crippen LogP contribution in [0.25, 0.3) is 0 Å². The molecule has 0 amide bonds. The van der Waals surface area contributed by atoms with Gasteiger partial charge in [0, 0.05) is 48.9 Å². The van der Waals surface area contributed by atoms with Crippen LogP contribution in [0.2, 0.25) is 0 Å². The SMILES string of the molecule is COC(=O)[C@@H](OC(=O)c1ccccc1)[C@H](OC(=O)c1ccccc1)C(=O)O.COC(=O)[C@@H](OC(=O)c1ccccc1)[C@H](OC(=O)c1ccccc1)C(=O)O.[Ba]. The fourth-order valence-electron chi connectivity index (χ4n) is 4.21. The first-order valence-electron chi connectivity index (χ1n) is 15.5. The average molecular weight is 882 g/mol. The van der Waals surface area contributed by atoms with Gasteiger partial charge < -0.3 is 38.6 Å². The van der Waals surface area contributed by atoms with Crippen LogP contribution in [0.15, 0.2) is 121 Å². The number of rotatable bonds is 14. The van der Waals surface area contributed by atoms with Crippen LogP contribution in [0.5, 0.6) is 0 Å². The predicted molar refractivity (Wildman–Crippen MR) is 188 cm³/mol. The van der Waals surface area contributed by atoms with Gasteiger partial charge in [0.15, 0.2) is 0 Å². The first kappa shape index (κ1) is 45.4. The third kappa shape index (κ3) is 13.9. The molecule has 0 aliphatic heterocycles. The molecule has 2 radical (unpaired) electrons. The van der Waals surface area contributed by atoms with Crippen molar-refractivity contribution in [3.8, 4) is 0 Å². The molecular formula is C38H32BaO16. The fraction of sp³-hybridized carbons (Fsp3) is 0.158. The number of hydrogen-bond acceptors (Lipinski definition) is 14. The first-order chi connectivity index (χ1) is 25.9. The van der Waals surface area contributed by atoms with Crippen LogP contribution in [0, 0.1) is 0 Å². The van der Waals surface area contributed by atoms with Crippen molar-refractivity contribution in [1.82, 2.24) is 0 Å². The van der Waals surface area contributed by atoms with Gasteiger partial charge in [-0.15, -0.1) is 0 Å². The Morgan fingerprint density at radius 3 is 0.764 bits per heavy atom. The van der Waals surface area contributed by atoms with E-state index in [-0.39, 0.29) is 71.1 Å². The van der Waals surface area contributed by atoms with E-state index < -0.39 is 72.2 Å². The topological polar surface area (TPSA) is 232 Å². The minimum atomic E-state index is -2.09. The van der Waals surface area contributed by atoms with E-state index in [1.165, 1.54) is 48.5 Å². The van der Waals surface area contributed by atoms with Gasteiger partial charge in [-0.05, 0) is 48.5 Å². The second kappa shape index (κ2) is 23.1. The molecule has 0 aromatic heterocycles. The van der Waals surface area contributed by atoms with Gasteiger partial charge in [0.2, 0.25) is 24.4 Å². The van der Waals surface area contributed by atoms with Crippen molar-refractivity contribution in [1.29, 1.82) is 0 Å². The zero-order valence-electron chi connectivity index (χ0n) is 29.2. The minimum absolute atomic E-state index is 0. The van der Waals surface area contributed by atoms with Crippen LogP contribution in [-0.4, -0.2) is 145 Å². The Labute approximate surface area is 353 Å². The van der Waals surface area contributed by atoms with E-state index in [0.717, 1.165) is 14.2 Å². The molecule has 4 atom stereocenters. The van der Waals surface area contributed by atoms with Gasteiger partial charge in [-0.1, -0.05) is 72.8 Å². The number of esters is 6. The van der Waals surface area contributed by atoms with E-state index in [1.807, 2.05) is 0 Å². The Hall–Kier alpha value is -5.79. The third-order valence-corrected chi connectivity index (χ3v) is 6.88. The number of benzene rings is 4. The van der Waals surface area contributed by atoms with E-state index in [4.69, 9.17) is 18.9 Å². The Bertz CT molecular complexity index is 1780. The van der Waals surface area contributed by atoms with Gasteiger partial charge in [-0.2, -0.15) is 0 Å². The maximum absolute atomic E-state index is 12.2. The monoisotopic (exact) mass is 882 g/mol. The van der Waals surface area contributed by atoms with Crippen molar-refractivity contribution in [3.63, 3.8) is 0 Å². The molecule has 16 nitrogen and oxygen atoms in total. The molecule has 282 valence electrons. The second-order valence-corrected chi connectivity index (χ2v) is 10.5. The number of carboxylic acid groups (broad SMARTS) is 2. The Kier molecular flexibility index (Phi) is 19.1. The third-order valence-electron chi connectivity index (χ3n) is 6.88. The predicted octanol–water partition coefficient (Wildman–Crippen LogP) is 3.01. The molecule has 0 unspecified atom stereocenters. The van der Waals surface area contributed by atoms with Crippen LogP contribution >= 0.6 is 0 Å². The molecule has 55 heavy (non-hydrogen) atoms. The van der Waals surface area contributed by atoms with Crippen molar-refractivity contribution >= 4 is 96.6 Å². The van der Waals surface area contributed by atoms with Crippen LogP contribution in [0.1, 0.15) is 41.4 Å². The number of methoxy groups -OCH3 is 2. The van der Waals surface area contributed by atoms with Gasteiger partial charge in [0.1, 0.15) is 0 Å². The smallest absolute Gasteiger partial charge is 0.351 e. The summed E-state index contributed by atoms with van der Waals surface area (Å²) in [4.78, 5) is 95.8. The summed E-state index contributed by atoms with van der Waals surface area (Å²) < 4.78 is 28.8. The molecular weight excluding hydrogens is 850 g/mol. The van der Waals surface area contributed by atoms with Gasteiger partial charge in [-0.25, -0.2) is 38.4 Å². The number of ether oxygens (including phenoxy) is 6.